The number of rotatable bonds is 12. The van der Waals surface area contributed by atoms with Gasteiger partial charge in [-0.05, 0) is 88.4 Å². The van der Waals surface area contributed by atoms with Crippen molar-refractivity contribution in [3.8, 4) is 0 Å². The second-order valence-electron chi connectivity index (χ2n) is 14.6. The predicted molar refractivity (Wildman–Crippen MR) is 195 cm³/mol. The number of alkyl halides is 3. The monoisotopic (exact) mass is 696 g/mol. The van der Waals surface area contributed by atoms with Crippen LogP contribution in [-0.4, -0.2) is 46.5 Å². The number of aryl methyl sites for hydroxylation is 1. The first-order valence-corrected chi connectivity index (χ1v) is 18.4. The van der Waals surface area contributed by atoms with E-state index in [2.05, 4.69) is 13.8 Å². The molecule has 0 aromatic heterocycles. The Morgan fingerprint density at radius 2 is 1.00 bits per heavy atom. The number of hydrogen-bond acceptors (Lipinski definition) is 4. The second-order valence-corrected chi connectivity index (χ2v) is 14.6. The molecule has 0 aliphatic carbocycles. The third kappa shape index (κ3) is 5.29. The van der Waals surface area contributed by atoms with Crippen LogP contribution in [0.3, 0.4) is 0 Å². The summed E-state index contributed by atoms with van der Waals surface area (Å²) < 4.78 is 45.7. The molecule has 6 nitrogen and oxygen atoms in total. The molecule has 7 rings (SSSR count). The average Bonchev–Trinajstić information content (AvgIpc) is 3.11. The van der Waals surface area contributed by atoms with Crippen LogP contribution >= 0.6 is 0 Å². The van der Waals surface area contributed by atoms with Gasteiger partial charge in [-0.25, -0.2) is 0 Å². The molecule has 2 aliphatic heterocycles. The summed E-state index contributed by atoms with van der Waals surface area (Å²) in [6.07, 6.45) is 2.24. The quantitative estimate of drug-likeness (QED) is 0.0739. The van der Waals surface area contributed by atoms with Crippen LogP contribution in [0.1, 0.15) is 132 Å². The molecule has 2 heterocycles. The topological polar surface area (TPSA) is 74.8 Å². The minimum atomic E-state index is -4.85. The fourth-order valence-electron chi connectivity index (χ4n) is 8.68. The number of imide groups is 2. The second kappa shape index (κ2) is 12.9. The summed E-state index contributed by atoms with van der Waals surface area (Å²) in [5, 5.41) is 2.33. The first-order chi connectivity index (χ1) is 24.4. The number of fused-ring (bicyclic) bond motifs is 2. The van der Waals surface area contributed by atoms with Gasteiger partial charge in [0.15, 0.2) is 0 Å². The van der Waals surface area contributed by atoms with Gasteiger partial charge in [-0.1, -0.05) is 78.4 Å². The smallest absolute Gasteiger partial charge is 0.274 e. The van der Waals surface area contributed by atoms with Crippen LogP contribution in [-0.2, 0) is 6.18 Å². The highest BCUT2D eigenvalue weighted by atomic mass is 19.4. The number of hydrogen-bond donors (Lipinski definition) is 0. The van der Waals surface area contributed by atoms with Crippen molar-refractivity contribution < 1.29 is 32.3 Å². The lowest BCUT2D eigenvalue weighted by atomic mass is 9.79. The van der Waals surface area contributed by atoms with Crippen LogP contribution in [0.5, 0.6) is 0 Å². The molecule has 0 radical (unpaired) electrons. The Balaban J connectivity index is 1.50. The van der Waals surface area contributed by atoms with E-state index in [1.54, 1.807) is 24.3 Å². The normalized spacial score (nSPS) is 16.2. The van der Waals surface area contributed by atoms with Crippen LogP contribution in [0.4, 0.5) is 13.2 Å². The third-order valence-corrected chi connectivity index (χ3v) is 11.5. The van der Waals surface area contributed by atoms with Gasteiger partial charge in [-0.3, -0.25) is 29.0 Å². The highest BCUT2D eigenvalue weighted by Crippen LogP contribution is 2.51. The number of carbonyl (C=O) groups is 4. The van der Waals surface area contributed by atoms with Crippen molar-refractivity contribution in [3.05, 3.63) is 69.8 Å². The average molecular weight is 697 g/mol. The molecule has 266 valence electrons. The van der Waals surface area contributed by atoms with Gasteiger partial charge >= 0.3 is 6.18 Å². The lowest BCUT2D eigenvalue weighted by Gasteiger charge is -2.33. The van der Waals surface area contributed by atoms with Gasteiger partial charge in [0.2, 0.25) is 0 Å². The summed E-state index contributed by atoms with van der Waals surface area (Å²) in [5.41, 5.74) is 0.324. The van der Waals surface area contributed by atoms with Crippen molar-refractivity contribution in [1.82, 2.24) is 9.80 Å². The fourth-order valence-corrected chi connectivity index (χ4v) is 8.68. The molecule has 0 spiro atoms. The van der Waals surface area contributed by atoms with E-state index in [0.29, 0.717) is 32.7 Å². The van der Waals surface area contributed by atoms with Gasteiger partial charge in [0.25, 0.3) is 23.6 Å². The van der Waals surface area contributed by atoms with Gasteiger partial charge < -0.3 is 0 Å². The van der Waals surface area contributed by atoms with E-state index in [0.717, 1.165) is 62.3 Å². The maximum atomic E-state index is 15.2. The summed E-state index contributed by atoms with van der Waals surface area (Å²) in [7, 11) is 0. The molecule has 5 aromatic carbocycles. The van der Waals surface area contributed by atoms with Gasteiger partial charge in [-0.15, -0.1) is 0 Å². The van der Waals surface area contributed by atoms with E-state index in [9.17, 15) is 19.2 Å². The highest BCUT2D eigenvalue weighted by molar-refractivity contribution is 6.42. The zero-order valence-electron chi connectivity index (χ0n) is 29.9. The van der Waals surface area contributed by atoms with Gasteiger partial charge in [0.05, 0.1) is 5.56 Å². The SMILES string of the molecule is CCCCC(CC)CN1C(=O)c2ccc3c4c(C(F)(F)F)cc5c6c(ccc(c7c(C)cc(c2c37)C1=O)c64)C(=O)N(CC(CC)CCCC)C5=O. The zero-order chi connectivity index (χ0) is 36.5. The van der Waals surface area contributed by atoms with E-state index >= 15 is 13.2 Å². The van der Waals surface area contributed by atoms with Crippen molar-refractivity contribution in [2.75, 3.05) is 13.1 Å². The van der Waals surface area contributed by atoms with E-state index in [1.807, 2.05) is 20.8 Å². The van der Waals surface area contributed by atoms with Gasteiger partial charge in [0.1, 0.15) is 0 Å². The molecular formula is C42H43F3N2O4. The van der Waals surface area contributed by atoms with Crippen molar-refractivity contribution in [2.24, 2.45) is 11.8 Å². The molecule has 0 fully saturated rings. The van der Waals surface area contributed by atoms with Crippen LogP contribution in [0, 0.1) is 18.8 Å². The minimum absolute atomic E-state index is 0.0361. The number of carbonyl (C=O) groups excluding carboxylic acids is 4. The standard InChI is InChI=1S/C42H43F3N2O4/c1-6-10-12-23(8-3)20-46-38(48)27-17-15-26-35-31(42(43,44)45)19-30-34-28(39(49)47(41(30)51)21-24(9-4)13-11-7-2)16-14-25(37(34)35)32-22(5)18-29(40(46)50)33(27)36(26)32/h14-19,23-24H,6-13,20-21H2,1-5H3. The molecule has 51 heavy (non-hydrogen) atoms. The van der Waals surface area contributed by atoms with E-state index in [4.69, 9.17) is 0 Å². The van der Waals surface area contributed by atoms with E-state index in [1.165, 1.54) is 11.0 Å². The van der Waals surface area contributed by atoms with E-state index in [-0.39, 0.29) is 63.2 Å². The van der Waals surface area contributed by atoms with Crippen molar-refractivity contribution in [2.45, 2.75) is 92.2 Å². The summed E-state index contributed by atoms with van der Waals surface area (Å²) in [5.74, 6) is -1.94. The highest BCUT2D eigenvalue weighted by Gasteiger charge is 2.42. The number of benzene rings is 5. The van der Waals surface area contributed by atoms with E-state index < -0.39 is 35.4 Å². The Morgan fingerprint density at radius 3 is 1.45 bits per heavy atom. The Morgan fingerprint density at radius 1 is 0.569 bits per heavy atom. The molecule has 0 saturated heterocycles. The summed E-state index contributed by atoms with van der Waals surface area (Å²) >= 11 is 0. The van der Waals surface area contributed by atoms with Crippen LogP contribution in [0.15, 0.2) is 36.4 Å². The minimum Gasteiger partial charge on any atom is -0.274 e. The zero-order valence-corrected chi connectivity index (χ0v) is 29.9. The van der Waals surface area contributed by atoms with Crippen molar-refractivity contribution >= 4 is 66.7 Å². The van der Waals surface area contributed by atoms with Gasteiger partial charge in [-0.2, -0.15) is 13.2 Å². The first kappa shape index (κ1) is 34.9. The summed E-state index contributed by atoms with van der Waals surface area (Å²) in [6, 6.07) is 9.02. The summed E-state index contributed by atoms with van der Waals surface area (Å²) in [6.45, 7) is 10.4. The van der Waals surface area contributed by atoms with Crippen LogP contribution < -0.4 is 0 Å². The summed E-state index contributed by atoms with van der Waals surface area (Å²) in [4.78, 5) is 58.8. The van der Waals surface area contributed by atoms with Crippen LogP contribution in [0.2, 0.25) is 0 Å². The molecule has 2 unspecified atom stereocenters. The lowest BCUT2D eigenvalue weighted by Crippen LogP contribution is -2.43. The van der Waals surface area contributed by atoms with Crippen LogP contribution in [0.25, 0.3) is 43.1 Å². The Bertz CT molecular complexity index is 2270. The lowest BCUT2D eigenvalue weighted by molar-refractivity contribution is -0.136. The first-order valence-electron chi connectivity index (χ1n) is 18.4. The molecule has 2 aliphatic rings. The number of unbranched alkanes of at least 4 members (excludes halogenated alkanes) is 2. The maximum absolute atomic E-state index is 15.2. The molecule has 0 saturated carbocycles. The molecular weight excluding hydrogens is 653 g/mol. The Hall–Kier alpha value is -4.53. The van der Waals surface area contributed by atoms with Crippen molar-refractivity contribution in [3.63, 3.8) is 0 Å². The fraction of sp³-hybridized carbons (Fsp3) is 0.429. The maximum Gasteiger partial charge on any atom is 0.417 e. The largest absolute Gasteiger partial charge is 0.417 e. The molecule has 4 amide bonds. The number of amides is 4. The molecule has 0 N–H and O–H groups in total. The number of halogens is 3. The number of nitrogens with zero attached hydrogens (tertiary/aromatic N) is 2. The molecule has 0 bridgehead atoms. The molecule has 9 heteroatoms. The van der Waals surface area contributed by atoms with Crippen molar-refractivity contribution in [1.29, 1.82) is 0 Å². The van der Waals surface area contributed by atoms with Gasteiger partial charge in [0, 0.05) is 51.5 Å². The Labute approximate surface area is 295 Å². The molecule has 2 atom stereocenters. The predicted octanol–water partition coefficient (Wildman–Crippen LogP) is 10.7. The third-order valence-electron chi connectivity index (χ3n) is 11.5. The Kier molecular flexibility index (Phi) is 8.83. The molecule has 5 aromatic rings.